The first kappa shape index (κ1) is 18.4. The molecule has 1 aliphatic rings. The number of amides is 2. The zero-order chi connectivity index (χ0) is 17.5. The van der Waals surface area contributed by atoms with E-state index in [-0.39, 0.29) is 18.0 Å². The third kappa shape index (κ3) is 5.32. The second-order valence-electron chi connectivity index (χ2n) is 7.06. The molecule has 2 amide bonds. The number of fused-ring (bicyclic) bond motifs is 1. The van der Waals surface area contributed by atoms with E-state index in [9.17, 15) is 4.79 Å². The molecule has 0 spiro atoms. The Labute approximate surface area is 145 Å². The quantitative estimate of drug-likeness (QED) is 0.744. The average Bonchev–Trinajstić information content (AvgIpc) is 2.55. The van der Waals surface area contributed by atoms with Gasteiger partial charge in [0.15, 0.2) is 11.5 Å². The first-order valence-electron chi connectivity index (χ1n) is 8.91. The van der Waals surface area contributed by atoms with Crippen molar-refractivity contribution in [3.63, 3.8) is 0 Å². The summed E-state index contributed by atoms with van der Waals surface area (Å²) in [7, 11) is 0. The molecule has 0 bridgehead atoms. The van der Waals surface area contributed by atoms with Gasteiger partial charge in [-0.15, -0.1) is 0 Å². The number of rotatable bonds is 7. The summed E-state index contributed by atoms with van der Waals surface area (Å²) in [5.41, 5.74) is 1.03. The van der Waals surface area contributed by atoms with Gasteiger partial charge in [0.1, 0.15) is 13.2 Å². The van der Waals surface area contributed by atoms with Crippen LogP contribution in [0.4, 0.5) is 4.79 Å². The van der Waals surface area contributed by atoms with Gasteiger partial charge in [-0.2, -0.15) is 0 Å². The van der Waals surface area contributed by atoms with Gasteiger partial charge in [0.05, 0.1) is 6.04 Å². The molecule has 1 aromatic rings. The Morgan fingerprint density at radius 3 is 2.50 bits per heavy atom. The second-order valence-corrected chi connectivity index (χ2v) is 7.06. The number of hydrogen-bond acceptors (Lipinski definition) is 3. The molecule has 1 aliphatic heterocycles. The van der Waals surface area contributed by atoms with Crippen LogP contribution in [0, 0.1) is 11.8 Å². The maximum atomic E-state index is 12.2. The molecule has 0 unspecified atom stereocenters. The Morgan fingerprint density at radius 1 is 1.12 bits per heavy atom. The monoisotopic (exact) mass is 334 g/mol. The fourth-order valence-corrected chi connectivity index (χ4v) is 2.79. The summed E-state index contributed by atoms with van der Waals surface area (Å²) >= 11 is 0. The Hall–Kier alpha value is -1.91. The van der Waals surface area contributed by atoms with E-state index in [2.05, 4.69) is 38.3 Å². The van der Waals surface area contributed by atoms with Crippen molar-refractivity contribution in [1.29, 1.82) is 0 Å². The predicted octanol–water partition coefficient (Wildman–Crippen LogP) is 3.89. The van der Waals surface area contributed by atoms with Crippen molar-refractivity contribution in [1.82, 2.24) is 10.6 Å². The van der Waals surface area contributed by atoms with Crippen molar-refractivity contribution < 1.29 is 14.3 Å². The summed E-state index contributed by atoms with van der Waals surface area (Å²) in [5.74, 6) is 2.46. The minimum atomic E-state index is -0.118. The van der Waals surface area contributed by atoms with Gasteiger partial charge < -0.3 is 20.1 Å². The highest BCUT2D eigenvalue weighted by molar-refractivity contribution is 5.74. The van der Waals surface area contributed by atoms with Crippen molar-refractivity contribution in [3.8, 4) is 11.5 Å². The normalized spacial score (nSPS) is 14.6. The molecule has 24 heavy (non-hydrogen) atoms. The molecule has 134 valence electrons. The van der Waals surface area contributed by atoms with E-state index in [4.69, 9.17) is 9.47 Å². The molecule has 0 radical (unpaired) electrons. The summed E-state index contributed by atoms with van der Waals surface area (Å²) in [4.78, 5) is 12.2. The van der Waals surface area contributed by atoms with Gasteiger partial charge in [-0.25, -0.2) is 4.79 Å². The van der Waals surface area contributed by atoms with Crippen LogP contribution >= 0.6 is 0 Å². The van der Waals surface area contributed by atoms with E-state index in [1.807, 2.05) is 18.2 Å². The SMILES string of the molecule is CC(C)CCCNC(=O)N[C@H](c1ccc2c(c1)OCCO2)C(C)C. The molecule has 2 N–H and O–H groups in total. The van der Waals surface area contributed by atoms with Gasteiger partial charge in [0.2, 0.25) is 0 Å². The average molecular weight is 334 g/mol. The molecule has 0 aliphatic carbocycles. The van der Waals surface area contributed by atoms with Crippen LogP contribution in [0.1, 0.15) is 52.1 Å². The molecule has 5 nitrogen and oxygen atoms in total. The summed E-state index contributed by atoms with van der Waals surface area (Å²) in [5, 5.41) is 6.03. The van der Waals surface area contributed by atoms with Gasteiger partial charge in [0.25, 0.3) is 0 Å². The highest BCUT2D eigenvalue weighted by Gasteiger charge is 2.21. The molecule has 0 saturated heterocycles. The molecule has 0 saturated carbocycles. The van der Waals surface area contributed by atoms with Crippen LogP contribution in [0.5, 0.6) is 11.5 Å². The van der Waals surface area contributed by atoms with E-state index in [0.29, 0.717) is 25.7 Å². The fraction of sp³-hybridized carbons (Fsp3) is 0.632. The van der Waals surface area contributed by atoms with Crippen molar-refractivity contribution in [2.45, 2.75) is 46.6 Å². The number of urea groups is 1. The Morgan fingerprint density at radius 2 is 1.83 bits per heavy atom. The smallest absolute Gasteiger partial charge is 0.315 e. The van der Waals surface area contributed by atoms with Gasteiger partial charge in [0, 0.05) is 6.54 Å². The zero-order valence-corrected chi connectivity index (χ0v) is 15.2. The van der Waals surface area contributed by atoms with Crippen molar-refractivity contribution in [3.05, 3.63) is 23.8 Å². The second kappa shape index (κ2) is 8.81. The van der Waals surface area contributed by atoms with Crippen LogP contribution in [0.25, 0.3) is 0 Å². The van der Waals surface area contributed by atoms with Crippen LogP contribution in [0.15, 0.2) is 18.2 Å². The molecule has 0 aromatic heterocycles. The van der Waals surface area contributed by atoms with Crippen molar-refractivity contribution in [2.24, 2.45) is 11.8 Å². The van der Waals surface area contributed by atoms with E-state index in [0.717, 1.165) is 29.9 Å². The number of carbonyl (C=O) groups is 1. The van der Waals surface area contributed by atoms with E-state index < -0.39 is 0 Å². The number of nitrogens with one attached hydrogen (secondary N) is 2. The van der Waals surface area contributed by atoms with Crippen LogP contribution < -0.4 is 20.1 Å². The van der Waals surface area contributed by atoms with Crippen molar-refractivity contribution in [2.75, 3.05) is 19.8 Å². The standard InChI is InChI=1S/C19H30N2O3/c1-13(2)6-5-9-20-19(22)21-18(14(3)4)15-7-8-16-17(12-15)24-11-10-23-16/h7-8,12-14,18H,5-6,9-11H2,1-4H3,(H2,20,21,22)/t18-/m0/s1. The molecule has 1 atom stereocenters. The van der Waals surface area contributed by atoms with Gasteiger partial charge in [-0.1, -0.05) is 33.8 Å². The number of benzene rings is 1. The third-order valence-corrected chi connectivity index (χ3v) is 4.12. The minimum Gasteiger partial charge on any atom is -0.486 e. The Kier molecular flexibility index (Phi) is 6.76. The minimum absolute atomic E-state index is 0.0640. The van der Waals surface area contributed by atoms with Crippen LogP contribution in [-0.2, 0) is 0 Å². The molecular weight excluding hydrogens is 304 g/mol. The van der Waals surface area contributed by atoms with Crippen LogP contribution in [0.2, 0.25) is 0 Å². The van der Waals surface area contributed by atoms with Crippen molar-refractivity contribution >= 4 is 6.03 Å². The maximum Gasteiger partial charge on any atom is 0.315 e. The molecule has 2 rings (SSSR count). The molecule has 1 aromatic carbocycles. The number of carbonyl (C=O) groups excluding carboxylic acids is 1. The van der Waals surface area contributed by atoms with Gasteiger partial charge in [-0.3, -0.25) is 0 Å². The lowest BCUT2D eigenvalue weighted by atomic mass is 9.95. The van der Waals surface area contributed by atoms with E-state index in [1.54, 1.807) is 0 Å². The Balaban J connectivity index is 1.95. The summed E-state index contributed by atoms with van der Waals surface area (Å²) in [6, 6.07) is 5.70. The summed E-state index contributed by atoms with van der Waals surface area (Å²) in [6.07, 6.45) is 2.12. The van der Waals surface area contributed by atoms with Crippen LogP contribution in [0.3, 0.4) is 0 Å². The predicted molar refractivity (Wildman–Crippen MR) is 95.6 cm³/mol. The first-order valence-corrected chi connectivity index (χ1v) is 8.91. The molecule has 1 heterocycles. The highest BCUT2D eigenvalue weighted by Crippen LogP contribution is 2.34. The van der Waals surface area contributed by atoms with Crippen LogP contribution in [-0.4, -0.2) is 25.8 Å². The first-order chi connectivity index (χ1) is 11.5. The van der Waals surface area contributed by atoms with Gasteiger partial charge >= 0.3 is 6.03 Å². The Bertz CT molecular complexity index is 543. The lowest BCUT2D eigenvalue weighted by Gasteiger charge is -2.25. The lowest BCUT2D eigenvalue weighted by Crippen LogP contribution is -2.40. The largest absolute Gasteiger partial charge is 0.486 e. The molecule has 0 fully saturated rings. The van der Waals surface area contributed by atoms with E-state index >= 15 is 0 Å². The third-order valence-electron chi connectivity index (χ3n) is 4.12. The number of hydrogen-bond donors (Lipinski definition) is 2. The lowest BCUT2D eigenvalue weighted by molar-refractivity contribution is 0.171. The zero-order valence-electron chi connectivity index (χ0n) is 15.2. The fourth-order valence-electron chi connectivity index (χ4n) is 2.79. The molecular formula is C19H30N2O3. The number of ether oxygens (including phenoxy) is 2. The summed E-state index contributed by atoms with van der Waals surface area (Å²) in [6.45, 7) is 10.4. The topological polar surface area (TPSA) is 59.6 Å². The molecule has 5 heteroatoms. The highest BCUT2D eigenvalue weighted by atomic mass is 16.6. The summed E-state index contributed by atoms with van der Waals surface area (Å²) < 4.78 is 11.2. The van der Waals surface area contributed by atoms with E-state index in [1.165, 1.54) is 0 Å². The maximum absolute atomic E-state index is 12.2. The van der Waals surface area contributed by atoms with Gasteiger partial charge in [-0.05, 0) is 42.4 Å².